The number of nitrogens with one attached hydrogen (secondary N) is 2. The van der Waals surface area contributed by atoms with E-state index in [4.69, 9.17) is 17.0 Å². The molecule has 0 aromatic heterocycles. The van der Waals surface area contributed by atoms with Crippen molar-refractivity contribution in [1.29, 1.82) is 0 Å². The van der Waals surface area contributed by atoms with Crippen LogP contribution in [-0.2, 0) is 0 Å². The molecule has 0 spiro atoms. The van der Waals surface area contributed by atoms with Crippen molar-refractivity contribution < 1.29 is 9.53 Å². The number of rotatable bonds is 8. The van der Waals surface area contributed by atoms with Gasteiger partial charge in [-0.15, -0.1) is 0 Å². The molecule has 2 aromatic carbocycles. The van der Waals surface area contributed by atoms with E-state index in [2.05, 4.69) is 51.6 Å². The van der Waals surface area contributed by atoms with Crippen LogP contribution in [0.25, 0.3) is 0 Å². The molecule has 154 valence electrons. The van der Waals surface area contributed by atoms with Gasteiger partial charge in [-0.1, -0.05) is 17.7 Å². The molecule has 2 aromatic rings. The average molecular weight is 413 g/mol. The van der Waals surface area contributed by atoms with Crippen molar-refractivity contribution in [3.05, 3.63) is 53.6 Å². The third-order valence-corrected chi connectivity index (χ3v) is 5.27. The quantitative estimate of drug-likeness (QED) is 0.651. The molecule has 1 amide bonds. The second-order valence-electron chi connectivity index (χ2n) is 7.10. The van der Waals surface area contributed by atoms with Crippen LogP contribution in [0.2, 0.25) is 0 Å². The van der Waals surface area contributed by atoms with Gasteiger partial charge in [0.25, 0.3) is 5.91 Å². The van der Waals surface area contributed by atoms with Gasteiger partial charge in [0, 0.05) is 57.6 Å². The van der Waals surface area contributed by atoms with Crippen molar-refractivity contribution in [3.8, 4) is 5.75 Å². The van der Waals surface area contributed by atoms with Crippen LogP contribution in [0.15, 0.2) is 42.5 Å². The lowest BCUT2D eigenvalue weighted by Crippen LogP contribution is -2.48. The molecule has 1 heterocycles. The topological polar surface area (TPSA) is 56.8 Å². The zero-order chi connectivity index (χ0) is 20.6. The molecular weight excluding hydrogens is 384 g/mol. The van der Waals surface area contributed by atoms with Crippen molar-refractivity contribution in [2.45, 2.75) is 6.92 Å². The fourth-order valence-corrected chi connectivity index (χ4v) is 3.54. The van der Waals surface area contributed by atoms with Gasteiger partial charge in [-0.25, -0.2) is 0 Å². The minimum absolute atomic E-state index is 0.111. The maximum Gasteiger partial charge on any atom is 0.251 e. The van der Waals surface area contributed by atoms with E-state index in [1.165, 1.54) is 16.8 Å². The Bertz CT molecular complexity index is 833. The minimum Gasteiger partial charge on any atom is -0.451 e. The smallest absolute Gasteiger partial charge is 0.251 e. The Morgan fingerprint density at radius 3 is 2.52 bits per heavy atom. The first-order valence-electron chi connectivity index (χ1n) is 9.85. The van der Waals surface area contributed by atoms with Crippen LogP contribution < -0.4 is 20.3 Å². The van der Waals surface area contributed by atoms with Crippen LogP contribution in [0.4, 0.5) is 11.4 Å². The lowest BCUT2D eigenvalue weighted by Gasteiger charge is -2.36. The largest absolute Gasteiger partial charge is 0.451 e. The molecule has 1 saturated heterocycles. The molecule has 3 rings (SSSR count). The second kappa shape index (κ2) is 10.2. The Morgan fingerprint density at radius 1 is 1.14 bits per heavy atom. The normalized spacial score (nSPS) is 14.3. The van der Waals surface area contributed by atoms with Crippen molar-refractivity contribution >= 4 is 35.1 Å². The number of carbonyl (C=O) groups is 1. The number of piperazine rings is 1. The Balaban J connectivity index is 1.44. The molecule has 1 aliphatic rings. The summed E-state index contributed by atoms with van der Waals surface area (Å²) in [5, 5.41) is 6.01. The standard InChI is InChI=1S/C22H28N4O2S/c1-17-3-6-19(7-4-17)26-13-11-25(12-14-26)10-9-24-22(27)18-5-8-20(23-2)21(15-18)28-16-29/h3-8,15-16,23H,9-14H2,1-2H3,(H,24,27). The molecular formula is C22H28N4O2S. The highest BCUT2D eigenvalue weighted by Gasteiger charge is 2.17. The molecule has 2 N–H and O–H groups in total. The maximum atomic E-state index is 12.5. The fourth-order valence-electron chi connectivity index (χ4n) is 3.43. The number of carbonyl (C=O) groups excluding carboxylic acids is 1. The van der Waals surface area contributed by atoms with Crippen LogP contribution >= 0.6 is 12.2 Å². The maximum absolute atomic E-state index is 12.5. The number of ether oxygens (including phenoxy) is 1. The third-order valence-electron chi connectivity index (χ3n) is 5.17. The van der Waals surface area contributed by atoms with Crippen molar-refractivity contribution in [3.63, 3.8) is 0 Å². The number of hydrogen-bond donors (Lipinski definition) is 2. The average Bonchev–Trinajstić information content (AvgIpc) is 2.75. The number of aryl methyl sites for hydroxylation is 1. The zero-order valence-electron chi connectivity index (χ0n) is 17.0. The van der Waals surface area contributed by atoms with Crippen LogP contribution in [0.1, 0.15) is 15.9 Å². The lowest BCUT2D eigenvalue weighted by molar-refractivity contribution is 0.0947. The predicted molar refractivity (Wildman–Crippen MR) is 122 cm³/mol. The lowest BCUT2D eigenvalue weighted by atomic mass is 10.1. The van der Waals surface area contributed by atoms with Gasteiger partial charge < -0.3 is 20.3 Å². The third kappa shape index (κ3) is 5.68. The van der Waals surface area contributed by atoms with E-state index in [1.54, 1.807) is 19.2 Å². The summed E-state index contributed by atoms with van der Waals surface area (Å²) >= 11 is 4.75. The molecule has 29 heavy (non-hydrogen) atoms. The van der Waals surface area contributed by atoms with Gasteiger partial charge in [0.1, 0.15) is 0 Å². The van der Waals surface area contributed by atoms with Gasteiger partial charge in [-0.05, 0) is 49.5 Å². The number of nitrogens with zero attached hydrogens (tertiary/aromatic N) is 2. The molecule has 0 aliphatic carbocycles. The summed E-state index contributed by atoms with van der Waals surface area (Å²) in [4.78, 5) is 17.3. The Hall–Kier alpha value is -2.64. The second-order valence-corrected chi connectivity index (χ2v) is 7.29. The van der Waals surface area contributed by atoms with Gasteiger partial charge in [0.15, 0.2) is 11.3 Å². The van der Waals surface area contributed by atoms with Gasteiger partial charge in [0.2, 0.25) is 0 Å². The zero-order valence-corrected chi connectivity index (χ0v) is 17.8. The molecule has 6 nitrogen and oxygen atoms in total. The molecule has 7 heteroatoms. The highest BCUT2D eigenvalue weighted by atomic mass is 32.1. The minimum atomic E-state index is -0.111. The van der Waals surface area contributed by atoms with Gasteiger partial charge in [0.05, 0.1) is 5.69 Å². The summed E-state index contributed by atoms with van der Waals surface area (Å²) in [6.07, 6.45) is 0. The number of hydrogen-bond acceptors (Lipinski definition) is 6. The summed E-state index contributed by atoms with van der Waals surface area (Å²) in [5.74, 6) is 0.433. The summed E-state index contributed by atoms with van der Waals surface area (Å²) in [5.41, 5.74) is 5.09. The number of amides is 1. The van der Waals surface area contributed by atoms with Crippen LogP contribution in [0.3, 0.4) is 0 Å². The first-order valence-corrected chi connectivity index (χ1v) is 10.3. The molecule has 0 saturated carbocycles. The van der Waals surface area contributed by atoms with E-state index < -0.39 is 0 Å². The van der Waals surface area contributed by atoms with Crippen molar-refractivity contribution in [2.24, 2.45) is 0 Å². The summed E-state index contributed by atoms with van der Waals surface area (Å²) in [6.45, 7) is 7.55. The molecule has 0 bridgehead atoms. The van der Waals surface area contributed by atoms with E-state index in [-0.39, 0.29) is 5.91 Å². The Kier molecular flexibility index (Phi) is 7.43. The molecule has 0 atom stereocenters. The summed E-state index contributed by atoms with van der Waals surface area (Å²) in [6, 6.07) is 14.0. The predicted octanol–water partition coefficient (Wildman–Crippen LogP) is 2.92. The van der Waals surface area contributed by atoms with Crippen LogP contribution in [0, 0.1) is 6.92 Å². The highest BCUT2D eigenvalue weighted by molar-refractivity contribution is 7.78. The van der Waals surface area contributed by atoms with Gasteiger partial charge in [-0.3, -0.25) is 9.69 Å². The fraction of sp³-hybridized carbons (Fsp3) is 0.364. The monoisotopic (exact) mass is 412 g/mol. The van der Waals surface area contributed by atoms with Crippen LogP contribution in [0.5, 0.6) is 5.75 Å². The van der Waals surface area contributed by atoms with Crippen LogP contribution in [-0.4, -0.2) is 62.7 Å². The number of benzene rings is 2. The van der Waals surface area contributed by atoms with E-state index in [1.807, 2.05) is 6.07 Å². The highest BCUT2D eigenvalue weighted by Crippen LogP contribution is 2.25. The molecule has 1 fully saturated rings. The summed E-state index contributed by atoms with van der Waals surface area (Å²) < 4.78 is 5.31. The Labute approximate surface area is 177 Å². The van der Waals surface area contributed by atoms with Gasteiger partial charge >= 0.3 is 0 Å². The molecule has 0 unspecified atom stereocenters. The first-order chi connectivity index (χ1) is 14.1. The SMILES string of the molecule is CNc1ccc(C(=O)NCCN2CCN(c3ccc(C)cc3)CC2)cc1OC=S. The first kappa shape index (κ1) is 21.1. The number of thiocarbonyl (C=S) groups is 1. The molecule has 0 radical (unpaired) electrons. The summed E-state index contributed by atoms with van der Waals surface area (Å²) in [7, 11) is 1.80. The van der Waals surface area contributed by atoms with Crippen molar-refractivity contribution in [2.75, 3.05) is 56.5 Å². The van der Waals surface area contributed by atoms with E-state index >= 15 is 0 Å². The van der Waals surface area contributed by atoms with Gasteiger partial charge in [-0.2, -0.15) is 0 Å². The van der Waals surface area contributed by atoms with Crippen molar-refractivity contribution in [1.82, 2.24) is 10.2 Å². The van der Waals surface area contributed by atoms with E-state index in [0.717, 1.165) is 38.4 Å². The van der Waals surface area contributed by atoms with E-state index in [0.29, 0.717) is 17.9 Å². The van der Waals surface area contributed by atoms with E-state index in [9.17, 15) is 4.79 Å². The Morgan fingerprint density at radius 2 is 1.86 bits per heavy atom. The number of anilines is 2. The molecule has 1 aliphatic heterocycles.